The van der Waals surface area contributed by atoms with Gasteiger partial charge in [-0.15, -0.1) is 0 Å². The van der Waals surface area contributed by atoms with Crippen LogP contribution in [-0.2, 0) is 16.1 Å². The fourth-order valence-corrected chi connectivity index (χ4v) is 2.24. The van der Waals surface area contributed by atoms with Crippen LogP contribution in [0.3, 0.4) is 0 Å². The maximum Gasteiger partial charge on any atom is 0.0716 e. The summed E-state index contributed by atoms with van der Waals surface area (Å²) >= 11 is 3.42. The second-order valence-electron chi connectivity index (χ2n) is 4.78. The molecule has 0 unspecified atom stereocenters. The molecule has 3 heteroatoms. The van der Waals surface area contributed by atoms with Crippen molar-refractivity contribution < 1.29 is 9.47 Å². The molecule has 1 aromatic carbocycles. The van der Waals surface area contributed by atoms with Crippen LogP contribution >= 0.6 is 15.9 Å². The number of benzene rings is 1. The summed E-state index contributed by atoms with van der Waals surface area (Å²) in [6.07, 6.45) is 2.30. The van der Waals surface area contributed by atoms with Gasteiger partial charge >= 0.3 is 0 Å². The third-order valence-electron chi connectivity index (χ3n) is 3.53. The van der Waals surface area contributed by atoms with Gasteiger partial charge in [0.2, 0.25) is 0 Å². The maximum atomic E-state index is 5.72. The molecule has 0 aromatic heterocycles. The van der Waals surface area contributed by atoms with Gasteiger partial charge in [-0.3, -0.25) is 0 Å². The fraction of sp³-hybridized carbons (Fsp3) is 0.571. The van der Waals surface area contributed by atoms with Gasteiger partial charge in [0.15, 0.2) is 0 Å². The minimum absolute atomic E-state index is 0.402. The Morgan fingerprint density at radius 2 is 2.00 bits per heavy atom. The largest absolute Gasteiger partial charge is 0.380 e. The SMILES string of the molecule is CCC1(CCOCc2ccc(Br)cc2)COC1. The first-order valence-electron chi connectivity index (χ1n) is 6.14. The molecule has 1 aliphatic heterocycles. The van der Waals surface area contributed by atoms with E-state index in [2.05, 4.69) is 35.0 Å². The second-order valence-corrected chi connectivity index (χ2v) is 5.69. The van der Waals surface area contributed by atoms with Crippen LogP contribution < -0.4 is 0 Å². The van der Waals surface area contributed by atoms with Crippen LogP contribution in [0.15, 0.2) is 28.7 Å². The molecule has 0 aliphatic carbocycles. The molecule has 2 rings (SSSR count). The van der Waals surface area contributed by atoms with Crippen LogP contribution in [0.25, 0.3) is 0 Å². The predicted molar refractivity (Wildman–Crippen MR) is 72.0 cm³/mol. The fourth-order valence-electron chi connectivity index (χ4n) is 1.98. The second kappa shape index (κ2) is 5.98. The number of halogens is 1. The van der Waals surface area contributed by atoms with Gasteiger partial charge < -0.3 is 9.47 Å². The van der Waals surface area contributed by atoms with Gasteiger partial charge in [-0.05, 0) is 30.5 Å². The third kappa shape index (κ3) is 3.54. The van der Waals surface area contributed by atoms with E-state index in [1.165, 1.54) is 12.0 Å². The monoisotopic (exact) mass is 298 g/mol. The Balaban J connectivity index is 1.67. The molecule has 0 amide bonds. The molecule has 2 nitrogen and oxygen atoms in total. The van der Waals surface area contributed by atoms with E-state index in [4.69, 9.17) is 9.47 Å². The molecule has 0 saturated carbocycles. The van der Waals surface area contributed by atoms with E-state index in [0.717, 1.165) is 30.7 Å². The van der Waals surface area contributed by atoms with E-state index in [1.807, 2.05) is 12.1 Å². The summed E-state index contributed by atoms with van der Waals surface area (Å²) in [4.78, 5) is 0. The van der Waals surface area contributed by atoms with Gasteiger partial charge in [-0.25, -0.2) is 0 Å². The lowest BCUT2D eigenvalue weighted by molar-refractivity contribution is -0.128. The minimum Gasteiger partial charge on any atom is -0.380 e. The molecule has 0 N–H and O–H groups in total. The highest BCUT2D eigenvalue weighted by Crippen LogP contribution is 2.34. The minimum atomic E-state index is 0.402. The van der Waals surface area contributed by atoms with E-state index < -0.39 is 0 Å². The van der Waals surface area contributed by atoms with Crippen molar-refractivity contribution in [2.24, 2.45) is 5.41 Å². The van der Waals surface area contributed by atoms with Crippen molar-refractivity contribution in [1.82, 2.24) is 0 Å². The zero-order chi connectivity index (χ0) is 12.1. The van der Waals surface area contributed by atoms with Crippen LogP contribution in [0.1, 0.15) is 25.3 Å². The Hall–Kier alpha value is -0.380. The van der Waals surface area contributed by atoms with Crippen molar-refractivity contribution >= 4 is 15.9 Å². The van der Waals surface area contributed by atoms with Gasteiger partial charge in [-0.2, -0.15) is 0 Å². The van der Waals surface area contributed by atoms with Gasteiger partial charge in [0, 0.05) is 16.5 Å². The van der Waals surface area contributed by atoms with E-state index >= 15 is 0 Å². The highest BCUT2D eigenvalue weighted by Gasteiger charge is 2.36. The van der Waals surface area contributed by atoms with Gasteiger partial charge in [0.1, 0.15) is 0 Å². The first-order chi connectivity index (χ1) is 8.24. The van der Waals surface area contributed by atoms with Crippen molar-refractivity contribution in [1.29, 1.82) is 0 Å². The Labute approximate surface area is 111 Å². The topological polar surface area (TPSA) is 18.5 Å². The van der Waals surface area contributed by atoms with Crippen molar-refractivity contribution in [3.63, 3.8) is 0 Å². The Kier molecular flexibility index (Phi) is 4.60. The molecule has 0 radical (unpaired) electrons. The maximum absolute atomic E-state index is 5.72. The Morgan fingerprint density at radius 3 is 2.53 bits per heavy atom. The van der Waals surface area contributed by atoms with E-state index in [-0.39, 0.29) is 0 Å². The summed E-state index contributed by atoms with van der Waals surface area (Å²) in [5.41, 5.74) is 1.63. The molecule has 1 fully saturated rings. The van der Waals surface area contributed by atoms with E-state index in [0.29, 0.717) is 12.0 Å². The number of hydrogen-bond acceptors (Lipinski definition) is 2. The Bertz CT molecular complexity index is 338. The van der Waals surface area contributed by atoms with Crippen LogP contribution in [-0.4, -0.2) is 19.8 Å². The highest BCUT2D eigenvalue weighted by atomic mass is 79.9. The van der Waals surface area contributed by atoms with Crippen molar-refractivity contribution in [2.75, 3.05) is 19.8 Å². The predicted octanol–water partition coefficient (Wildman–Crippen LogP) is 3.78. The summed E-state index contributed by atoms with van der Waals surface area (Å²) in [7, 11) is 0. The van der Waals surface area contributed by atoms with Crippen LogP contribution in [0.2, 0.25) is 0 Å². The molecule has 0 spiro atoms. The molecule has 1 heterocycles. The molecule has 1 saturated heterocycles. The smallest absolute Gasteiger partial charge is 0.0716 e. The first kappa shape index (κ1) is 13.1. The molecule has 0 bridgehead atoms. The lowest BCUT2D eigenvalue weighted by Crippen LogP contribution is -2.42. The zero-order valence-electron chi connectivity index (χ0n) is 10.2. The molecule has 1 aromatic rings. The van der Waals surface area contributed by atoms with E-state index in [9.17, 15) is 0 Å². The number of rotatable bonds is 6. The molecular formula is C14H19BrO2. The lowest BCUT2D eigenvalue weighted by Gasteiger charge is -2.40. The molecule has 0 atom stereocenters. The zero-order valence-corrected chi connectivity index (χ0v) is 11.8. The van der Waals surface area contributed by atoms with E-state index in [1.54, 1.807) is 0 Å². The highest BCUT2D eigenvalue weighted by molar-refractivity contribution is 9.10. The normalized spacial score (nSPS) is 17.8. The molecule has 1 aliphatic rings. The quantitative estimate of drug-likeness (QED) is 0.744. The van der Waals surface area contributed by atoms with Crippen LogP contribution in [0.4, 0.5) is 0 Å². The summed E-state index contributed by atoms with van der Waals surface area (Å²) in [6.45, 7) is 5.58. The van der Waals surface area contributed by atoms with Crippen molar-refractivity contribution in [2.45, 2.75) is 26.4 Å². The number of hydrogen-bond donors (Lipinski definition) is 0. The summed E-state index contributed by atoms with van der Waals surface area (Å²) < 4.78 is 12.1. The summed E-state index contributed by atoms with van der Waals surface area (Å²) in [6, 6.07) is 8.27. The molecule has 94 valence electrons. The summed E-state index contributed by atoms with van der Waals surface area (Å²) in [5, 5.41) is 0. The van der Waals surface area contributed by atoms with Crippen molar-refractivity contribution in [3.05, 3.63) is 34.3 Å². The first-order valence-corrected chi connectivity index (χ1v) is 6.93. The van der Waals surface area contributed by atoms with Crippen LogP contribution in [0, 0.1) is 5.41 Å². The molecular weight excluding hydrogens is 280 g/mol. The number of ether oxygens (including phenoxy) is 2. The Morgan fingerprint density at radius 1 is 1.29 bits per heavy atom. The summed E-state index contributed by atoms with van der Waals surface area (Å²) in [5.74, 6) is 0. The van der Waals surface area contributed by atoms with Gasteiger partial charge in [0.25, 0.3) is 0 Å². The lowest BCUT2D eigenvalue weighted by atomic mass is 9.80. The van der Waals surface area contributed by atoms with Crippen molar-refractivity contribution in [3.8, 4) is 0 Å². The average Bonchev–Trinajstić information content (AvgIpc) is 2.30. The molecule has 17 heavy (non-hydrogen) atoms. The third-order valence-corrected chi connectivity index (χ3v) is 4.05. The van der Waals surface area contributed by atoms with Gasteiger partial charge in [-0.1, -0.05) is 35.0 Å². The standard InChI is InChI=1S/C14H19BrO2/c1-2-14(10-17-11-14)7-8-16-9-12-3-5-13(15)6-4-12/h3-6H,2,7-11H2,1H3. The van der Waals surface area contributed by atoms with Gasteiger partial charge in [0.05, 0.1) is 19.8 Å². The average molecular weight is 299 g/mol. The van der Waals surface area contributed by atoms with Crippen LogP contribution in [0.5, 0.6) is 0 Å².